The van der Waals surface area contributed by atoms with E-state index in [1.165, 1.54) is 12.1 Å². The second-order valence-corrected chi connectivity index (χ2v) is 6.20. The van der Waals surface area contributed by atoms with Gasteiger partial charge in [-0.2, -0.15) is 0 Å². The Hall–Kier alpha value is -1.42. The van der Waals surface area contributed by atoms with E-state index in [-0.39, 0.29) is 17.8 Å². The molecule has 2 aliphatic rings. The number of carbonyl (C=O) groups excluding carboxylic acids is 1. The van der Waals surface area contributed by atoms with Gasteiger partial charge in [-0.05, 0) is 37.0 Å². The minimum atomic E-state index is -0.519. The minimum absolute atomic E-state index is 0.166. The van der Waals surface area contributed by atoms with E-state index in [2.05, 4.69) is 0 Å². The van der Waals surface area contributed by atoms with Crippen LogP contribution in [-0.2, 0) is 14.9 Å². The van der Waals surface area contributed by atoms with Gasteiger partial charge in [-0.1, -0.05) is 25.0 Å². The van der Waals surface area contributed by atoms with Crippen LogP contribution in [-0.4, -0.2) is 37.1 Å². The van der Waals surface area contributed by atoms with Gasteiger partial charge in [-0.15, -0.1) is 0 Å². The second-order valence-electron chi connectivity index (χ2n) is 6.20. The lowest BCUT2D eigenvalue weighted by atomic mass is 9.76. The highest BCUT2D eigenvalue weighted by Crippen LogP contribution is 2.44. The van der Waals surface area contributed by atoms with Gasteiger partial charge in [0.2, 0.25) is 5.91 Å². The third-order valence-corrected chi connectivity index (χ3v) is 5.01. The van der Waals surface area contributed by atoms with Crippen molar-refractivity contribution in [2.24, 2.45) is 0 Å². The van der Waals surface area contributed by atoms with Gasteiger partial charge in [0.15, 0.2) is 0 Å². The van der Waals surface area contributed by atoms with Crippen molar-refractivity contribution in [1.29, 1.82) is 0 Å². The van der Waals surface area contributed by atoms with Gasteiger partial charge in [-0.3, -0.25) is 4.79 Å². The van der Waals surface area contributed by atoms with E-state index in [9.17, 15) is 9.18 Å². The maximum absolute atomic E-state index is 13.6. The van der Waals surface area contributed by atoms with Crippen molar-refractivity contribution in [3.05, 3.63) is 35.6 Å². The number of carbonyl (C=O) groups is 1. The summed E-state index contributed by atoms with van der Waals surface area (Å²) in [6.07, 6.45) is 4.71. The van der Waals surface area contributed by atoms with Crippen LogP contribution < -0.4 is 0 Å². The summed E-state index contributed by atoms with van der Waals surface area (Å²) in [4.78, 5) is 15.0. The number of hydrogen-bond donors (Lipinski definition) is 0. The number of ether oxygens (including phenoxy) is 1. The van der Waals surface area contributed by atoms with E-state index in [1.54, 1.807) is 13.2 Å². The van der Waals surface area contributed by atoms with Crippen molar-refractivity contribution in [1.82, 2.24) is 4.90 Å². The van der Waals surface area contributed by atoms with E-state index in [0.717, 1.165) is 44.2 Å². The fraction of sp³-hybridized carbons (Fsp3) is 0.588. The maximum atomic E-state index is 13.6. The Bertz CT molecular complexity index is 525. The molecule has 1 aliphatic carbocycles. The second kappa shape index (κ2) is 5.76. The van der Waals surface area contributed by atoms with Crippen LogP contribution in [0.3, 0.4) is 0 Å². The molecule has 1 saturated heterocycles. The Morgan fingerprint density at radius 1 is 1.43 bits per heavy atom. The van der Waals surface area contributed by atoms with Gasteiger partial charge in [0.25, 0.3) is 0 Å². The zero-order valence-corrected chi connectivity index (χ0v) is 12.5. The topological polar surface area (TPSA) is 29.5 Å². The van der Waals surface area contributed by atoms with Crippen LogP contribution in [0.1, 0.15) is 37.7 Å². The standard InChI is InChI=1S/C17H22FNO2/c1-21-12-15-7-10-19(15)16(20)17(8-2-3-9-17)13-5-4-6-14(18)11-13/h4-6,11,15H,2-3,7-10,12H2,1H3. The summed E-state index contributed by atoms with van der Waals surface area (Å²) in [6.45, 7) is 1.38. The Balaban J connectivity index is 1.89. The third kappa shape index (κ3) is 2.46. The maximum Gasteiger partial charge on any atom is 0.233 e. The van der Waals surface area contributed by atoms with Crippen molar-refractivity contribution < 1.29 is 13.9 Å². The number of rotatable bonds is 4. The Morgan fingerprint density at radius 2 is 2.19 bits per heavy atom. The van der Waals surface area contributed by atoms with Gasteiger partial charge >= 0.3 is 0 Å². The van der Waals surface area contributed by atoms with Crippen LogP contribution in [0.15, 0.2) is 24.3 Å². The summed E-state index contributed by atoms with van der Waals surface area (Å²) in [5.41, 5.74) is 0.321. The molecule has 114 valence electrons. The highest BCUT2D eigenvalue weighted by Gasteiger charge is 2.48. The molecule has 1 aromatic rings. The van der Waals surface area contributed by atoms with Crippen molar-refractivity contribution in [3.63, 3.8) is 0 Å². The molecule has 0 aromatic heterocycles. The third-order valence-electron chi connectivity index (χ3n) is 5.01. The Morgan fingerprint density at radius 3 is 2.76 bits per heavy atom. The summed E-state index contributed by atoms with van der Waals surface area (Å²) in [5, 5.41) is 0. The highest BCUT2D eigenvalue weighted by atomic mass is 19.1. The molecule has 21 heavy (non-hydrogen) atoms. The van der Waals surface area contributed by atoms with E-state index >= 15 is 0 Å². The van der Waals surface area contributed by atoms with Crippen LogP contribution in [0.25, 0.3) is 0 Å². The van der Waals surface area contributed by atoms with E-state index in [1.807, 2.05) is 11.0 Å². The molecule has 1 amide bonds. The SMILES string of the molecule is COCC1CCN1C(=O)C1(c2cccc(F)c2)CCCC1. The van der Waals surface area contributed by atoms with Crippen LogP contribution in [0.4, 0.5) is 4.39 Å². The molecule has 0 radical (unpaired) electrons. The largest absolute Gasteiger partial charge is 0.383 e. The molecule has 1 saturated carbocycles. The van der Waals surface area contributed by atoms with Crippen molar-refractivity contribution in [2.45, 2.75) is 43.6 Å². The van der Waals surface area contributed by atoms with Crippen molar-refractivity contribution in [3.8, 4) is 0 Å². The predicted octanol–water partition coefficient (Wildman–Crippen LogP) is 2.88. The Kier molecular flexibility index (Phi) is 3.98. The first-order valence-electron chi connectivity index (χ1n) is 7.73. The predicted molar refractivity (Wildman–Crippen MR) is 78.5 cm³/mol. The van der Waals surface area contributed by atoms with E-state index in [0.29, 0.717) is 6.61 Å². The highest BCUT2D eigenvalue weighted by molar-refractivity contribution is 5.89. The number of nitrogens with zero attached hydrogens (tertiary/aromatic N) is 1. The number of likely N-dealkylation sites (tertiary alicyclic amines) is 1. The molecular weight excluding hydrogens is 269 g/mol. The fourth-order valence-electron chi connectivity index (χ4n) is 3.74. The summed E-state index contributed by atoms with van der Waals surface area (Å²) in [6, 6.07) is 6.77. The average Bonchev–Trinajstić information content (AvgIpc) is 2.94. The van der Waals surface area contributed by atoms with Gasteiger partial charge in [-0.25, -0.2) is 4.39 Å². The van der Waals surface area contributed by atoms with Crippen LogP contribution in [0, 0.1) is 5.82 Å². The fourth-order valence-corrected chi connectivity index (χ4v) is 3.74. The molecule has 0 bridgehead atoms. The van der Waals surface area contributed by atoms with E-state index in [4.69, 9.17) is 4.74 Å². The summed E-state index contributed by atoms with van der Waals surface area (Å²) < 4.78 is 18.8. The zero-order valence-electron chi connectivity index (χ0n) is 12.5. The first-order valence-corrected chi connectivity index (χ1v) is 7.73. The lowest BCUT2D eigenvalue weighted by Crippen LogP contribution is -2.58. The molecule has 2 fully saturated rings. The quantitative estimate of drug-likeness (QED) is 0.853. The number of amides is 1. The molecule has 1 atom stereocenters. The molecule has 3 rings (SSSR count). The number of methoxy groups -OCH3 is 1. The lowest BCUT2D eigenvalue weighted by molar-refractivity contribution is -0.147. The minimum Gasteiger partial charge on any atom is -0.383 e. The molecule has 1 aromatic carbocycles. The van der Waals surface area contributed by atoms with Crippen LogP contribution >= 0.6 is 0 Å². The Labute approximate surface area is 125 Å². The van der Waals surface area contributed by atoms with Crippen molar-refractivity contribution in [2.75, 3.05) is 20.3 Å². The molecule has 1 heterocycles. The lowest BCUT2D eigenvalue weighted by Gasteiger charge is -2.45. The van der Waals surface area contributed by atoms with E-state index < -0.39 is 5.41 Å². The molecule has 1 aliphatic heterocycles. The molecular formula is C17H22FNO2. The summed E-state index contributed by atoms with van der Waals surface area (Å²) in [5.74, 6) is -0.0949. The van der Waals surface area contributed by atoms with Gasteiger partial charge in [0.1, 0.15) is 5.82 Å². The number of halogens is 1. The van der Waals surface area contributed by atoms with Gasteiger partial charge < -0.3 is 9.64 Å². The van der Waals surface area contributed by atoms with Crippen LogP contribution in [0.5, 0.6) is 0 Å². The van der Waals surface area contributed by atoms with Crippen LogP contribution in [0.2, 0.25) is 0 Å². The van der Waals surface area contributed by atoms with Gasteiger partial charge in [0.05, 0.1) is 18.1 Å². The molecule has 0 N–H and O–H groups in total. The zero-order chi connectivity index (χ0) is 14.9. The number of hydrogen-bond acceptors (Lipinski definition) is 2. The molecule has 3 nitrogen and oxygen atoms in total. The molecule has 4 heteroatoms. The monoisotopic (exact) mass is 291 g/mol. The smallest absolute Gasteiger partial charge is 0.233 e. The average molecular weight is 291 g/mol. The van der Waals surface area contributed by atoms with Gasteiger partial charge in [0, 0.05) is 13.7 Å². The first kappa shape index (κ1) is 14.5. The summed E-state index contributed by atoms with van der Waals surface area (Å²) in [7, 11) is 1.67. The van der Waals surface area contributed by atoms with Crippen molar-refractivity contribution >= 4 is 5.91 Å². The summed E-state index contributed by atoms with van der Waals surface area (Å²) >= 11 is 0. The molecule has 1 unspecified atom stereocenters. The normalized spacial score (nSPS) is 23.9. The number of benzene rings is 1. The first-order chi connectivity index (χ1) is 10.2. The molecule has 0 spiro atoms.